The minimum atomic E-state index is -1.76. The standard InChI is InChI=1S/C33H32N2O5/c1-4-38-24-17-18-27(39-5-2)25(20-24)29-30(31(36)23-13-8-7-9-14-23)35-26-15-11-10-12-22(26)16-19-28(35)33(29,21-34)32(37)40-6-3/h7-20,28-30H,4-6H2,1-3H3/t28?,29-,30+,33+/m1/s1. The lowest BCUT2D eigenvalue weighted by Crippen LogP contribution is -2.47. The number of ketones is 1. The smallest absolute Gasteiger partial charge is 0.329 e. The van der Waals surface area contributed by atoms with Gasteiger partial charge in [-0.2, -0.15) is 5.26 Å². The van der Waals surface area contributed by atoms with Gasteiger partial charge in [-0.05, 0) is 50.6 Å². The second-order valence-electron chi connectivity index (χ2n) is 9.69. The molecule has 0 bridgehead atoms. The molecule has 204 valence electrons. The van der Waals surface area contributed by atoms with E-state index in [-0.39, 0.29) is 12.4 Å². The maximum atomic E-state index is 14.6. The normalized spacial score (nSPS) is 22.6. The molecular weight excluding hydrogens is 504 g/mol. The van der Waals surface area contributed by atoms with Crippen LogP contribution in [0.25, 0.3) is 6.08 Å². The van der Waals surface area contributed by atoms with Crippen molar-refractivity contribution in [3.8, 4) is 17.6 Å². The van der Waals surface area contributed by atoms with Crippen LogP contribution in [0.5, 0.6) is 11.5 Å². The first-order valence-electron chi connectivity index (χ1n) is 13.6. The lowest BCUT2D eigenvalue weighted by Gasteiger charge is -2.36. The van der Waals surface area contributed by atoms with Crippen molar-refractivity contribution in [2.24, 2.45) is 5.41 Å². The van der Waals surface area contributed by atoms with Crippen molar-refractivity contribution in [1.29, 1.82) is 5.26 Å². The van der Waals surface area contributed by atoms with Crippen molar-refractivity contribution in [3.63, 3.8) is 0 Å². The van der Waals surface area contributed by atoms with E-state index < -0.39 is 29.4 Å². The number of hydrogen-bond donors (Lipinski definition) is 0. The first-order valence-corrected chi connectivity index (χ1v) is 13.6. The molecule has 3 aromatic rings. The third-order valence-electron chi connectivity index (χ3n) is 7.60. The topological polar surface area (TPSA) is 88.9 Å². The highest BCUT2D eigenvalue weighted by Gasteiger charge is 2.68. The van der Waals surface area contributed by atoms with Gasteiger partial charge in [-0.3, -0.25) is 9.59 Å². The zero-order valence-electron chi connectivity index (χ0n) is 22.9. The van der Waals surface area contributed by atoms with Crippen LogP contribution in [0.2, 0.25) is 0 Å². The summed E-state index contributed by atoms with van der Waals surface area (Å²) < 4.78 is 17.5. The van der Waals surface area contributed by atoms with Crippen LogP contribution in [0.1, 0.15) is 48.2 Å². The number of nitrogens with zero attached hydrogens (tertiary/aromatic N) is 2. The molecule has 0 amide bonds. The van der Waals surface area contributed by atoms with E-state index in [9.17, 15) is 14.9 Å². The lowest BCUT2D eigenvalue weighted by atomic mass is 9.67. The number of hydrogen-bond acceptors (Lipinski definition) is 7. The molecule has 3 aromatic carbocycles. The van der Waals surface area contributed by atoms with Gasteiger partial charge in [0.25, 0.3) is 0 Å². The van der Waals surface area contributed by atoms with Gasteiger partial charge < -0.3 is 19.1 Å². The second-order valence-corrected chi connectivity index (χ2v) is 9.69. The number of fused-ring (bicyclic) bond motifs is 3. The number of carbonyl (C=O) groups is 2. The van der Waals surface area contributed by atoms with Gasteiger partial charge in [0.05, 0.1) is 31.9 Å². The Morgan fingerprint density at radius 1 is 0.925 bits per heavy atom. The fourth-order valence-corrected chi connectivity index (χ4v) is 6.05. The lowest BCUT2D eigenvalue weighted by molar-refractivity contribution is -0.152. The number of ether oxygens (including phenoxy) is 3. The molecule has 7 nitrogen and oxygen atoms in total. The maximum Gasteiger partial charge on any atom is 0.329 e. The molecule has 0 aliphatic carbocycles. The number of anilines is 1. The number of carbonyl (C=O) groups excluding carboxylic acids is 2. The number of para-hydroxylation sites is 1. The fourth-order valence-electron chi connectivity index (χ4n) is 6.05. The van der Waals surface area contributed by atoms with E-state index in [1.165, 1.54) is 0 Å². The number of rotatable bonds is 9. The van der Waals surface area contributed by atoms with Crippen molar-refractivity contribution >= 4 is 23.5 Å². The highest BCUT2D eigenvalue weighted by molar-refractivity contribution is 6.06. The zero-order chi connectivity index (χ0) is 28.3. The van der Waals surface area contributed by atoms with E-state index in [0.717, 1.165) is 11.3 Å². The Morgan fingerprint density at radius 3 is 2.35 bits per heavy atom. The van der Waals surface area contributed by atoms with Gasteiger partial charge in [-0.25, -0.2) is 0 Å². The molecule has 2 aliphatic rings. The monoisotopic (exact) mass is 536 g/mol. The average molecular weight is 537 g/mol. The Morgan fingerprint density at radius 2 is 1.65 bits per heavy atom. The summed E-state index contributed by atoms with van der Waals surface area (Å²) in [6, 6.07) is 22.8. The average Bonchev–Trinajstić information content (AvgIpc) is 3.30. The van der Waals surface area contributed by atoms with Gasteiger partial charge in [0.15, 0.2) is 11.2 Å². The number of nitriles is 1. The molecule has 0 spiro atoms. The van der Waals surface area contributed by atoms with Crippen molar-refractivity contribution in [1.82, 2.24) is 0 Å². The minimum absolute atomic E-state index is 0.0939. The molecular formula is C33H32N2O5. The summed E-state index contributed by atoms with van der Waals surface area (Å²) in [7, 11) is 0. The van der Waals surface area contributed by atoms with Gasteiger partial charge in [0.2, 0.25) is 0 Å². The molecule has 0 saturated carbocycles. The van der Waals surface area contributed by atoms with Crippen LogP contribution < -0.4 is 14.4 Å². The van der Waals surface area contributed by atoms with Crippen LogP contribution in [-0.4, -0.2) is 43.7 Å². The Hall–Kier alpha value is -4.57. The predicted octanol–water partition coefficient (Wildman–Crippen LogP) is 5.81. The highest BCUT2D eigenvalue weighted by atomic mass is 16.5. The molecule has 2 heterocycles. The van der Waals surface area contributed by atoms with Crippen molar-refractivity contribution < 1.29 is 23.8 Å². The van der Waals surface area contributed by atoms with E-state index in [1.807, 2.05) is 73.4 Å². The second kappa shape index (κ2) is 11.3. The van der Waals surface area contributed by atoms with E-state index in [2.05, 4.69) is 6.07 Å². The first kappa shape index (κ1) is 27.0. The molecule has 0 radical (unpaired) electrons. The van der Waals surface area contributed by atoms with Gasteiger partial charge in [0, 0.05) is 22.7 Å². The molecule has 4 atom stereocenters. The first-order chi connectivity index (χ1) is 19.5. The van der Waals surface area contributed by atoms with Gasteiger partial charge in [-0.1, -0.05) is 60.7 Å². The third kappa shape index (κ3) is 4.30. The fraction of sp³-hybridized carbons (Fsp3) is 0.303. The molecule has 7 heteroatoms. The van der Waals surface area contributed by atoms with E-state index in [4.69, 9.17) is 14.2 Å². The summed E-state index contributed by atoms with van der Waals surface area (Å²) in [5.74, 6) is -0.765. The van der Waals surface area contributed by atoms with Crippen molar-refractivity contribution in [2.75, 3.05) is 24.7 Å². The molecule has 2 aliphatic heterocycles. The Balaban J connectivity index is 1.85. The number of benzene rings is 3. The van der Waals surface area contributed by atoms with Crippen LogP contribution in [-0.2, 0) is 9.53 Å². The van der Waals surface area contributed by atoms with E-state index in [1.54, 1.807) is 37.3 Å². The minimum Gasteiger partial charge on any atom is -0.494 e. The van der Waals surface area contributed by atoms with Crippen LogP contribution in [0.4, 0.5) is 5.69 Å². The molecule has 0 N–H and O–H groups in total. The van der Waals surface area contributed by atoms with E-state index in [0.29, 0.717) is 35.8 Å². The molecule has 0 aromatic heterocycles. The van der Waals surface area contributed by atoms with Crippen LogP contribution in [0.3, 0.4) is 0 Å². The summed E-state index contributed by atoms with van der Waals surface area (Å²) in [6.45, 7) is 6.35. The largest absolute Gasteiger partial charge is 0.494 e. The Bertz CT molecular complexity index is 1480. The highest BCUT2D eigenvalue weighted by Crippen LogP contribution is 2.58. The Kier molecular flexibility index (Phi) is 7.61. The quantitative estimate of drug-likeness (QED) is 0.252. The predicted molar refractivity (Wildman–Crippen MR) is 153 cm³/mol. The molecule has 1 fully saturated rings. The summed E-state index contributed by atoms with van der Waals surface area (Å²) in [5, 5.41) is 11.0. The number of Topliss-reactive ketones (excluding diaryl/α,β-unsaturated/α-hetero) is 1. The van der Waals surface area contributed by atoms with Crippen LogP contribution in [0, 0.1) is 16.7 Å². The summed E-state index contributed by atoms with van der Waals surface area (Å²) in [4.78, 5) is 30.5. The van der Waals surface area contributed by atoms with Crippen molar-refractivity contribution in [3.05, 3.63) is 95.6 Å². The SMILES string of the molecule is CCOC(=O)[C@@]1(C#N)C2C=Cc3ccccc3N2[C@H](C(=O)c2ccccc2)[C@H]1c1cc(OCC)ccc1OCC. The summed E-state index contributed by atoms with van der Waals surface area (Å²) >= 11 is 0. The van der Waals surface area contributed by atoms with E-state index >= 15 is 0 Å². The summed E-state index contributed by atoms with van der Waals surface area (Å²) in [5.41, 5.74) is 0.951. The third-order valence-corrected chi connectivity index (χ3v) is 7.60. The molecule has 5 rings (SSSR count). The van der Waals surface area contributed by atoms with Crippen molar-refractivity contribution in [2.45, 2.75) is 38.8 Å². The molecule has 40 heavy (non-hydrogen) atoms. The maximum absolute atomic E-state index is 14.6. The molecule has 1 unspecified atom stereocenters. The molecule has 1 saturated heterocycles. The zero-order valence-corrected chi connectivity index (χ0v) is 22.9. The summed E-state index contributed by atoms with van der Waals surface area (Å²) in [6.07, 6.45) is 3.76. The van der Waals surface area contributed by atoms with Crippen LogP contribution in [0.15, 0.2) is 78.9 Å². The van der Waals surface area contributed by atoms with Gasteiger partial charge >= 0.3 is 5.97 Å². The van der Waals surface area contributed by atoms with Gasteiger partial charge in [0.1, 0.15) is 17.5 Å². The Labute approximate surface area is 234 Å². The van der Waals surface area contributed by atoms with Gasteiger partial charge in [-0.15, -0.1) is 0 Å². The van der Waals surface area contributed by atoms with Crippen LogP contribution >= 0.6 is 0 Å². The number of esters is 1.